The molecular weight excluding hydrogens is 301 g/mol. The van der Waals surface area contributed by atoms with Crippen LogP contribution in [-0.2, 0) is 21.4 Å². The van der Waals surface area contributed by atoms with Crippen molar-refractivity contribution in [3.05, 3.63) is 29.6 Å². The van der Waals surface area contributed by atoms with E-state index < -0.39 is 26.6 Å². The summed E-state index contributed by atoms with van der Waals surface area (Å²) in [6, 6.07) is 3.95. The highest BCUT2D eigenvalue weighted by Gasteiger charge is 2.55. The van der Waals surface area contributed by atoms with Gasteiger partial charge >= 0.3 is 5.97 Å². The molecule has 0 spiro atoms. The SMILES string of the molecule is COc1ccc(F)c(CNS(=O)(=O)C2(C(=O)O)CCC2)c1. The number of sulfonamides is 1. The average Bonchev–Trinajstić information content (AvgIpc) is 2.35. The van der Waals surface area contributed by atoms with Gasteiger partial charge in [0.05, 0.1) is 7.11 Å². The molecule has 1 aromatic rings. The van der Waals surface area contributed by atoms with E-state index in [0.717, 1.165) is 0 Å². The number of carboxylic acids is 1. The summed E-state index contributed by atoms with van der Waals surface area (Å²) < 4.78 is 43.3. The van der Waals surface area contributed by atoms with Crippen LogP contribution in [0.4, 0.5) is 4.39 Å². The maximum atomic E-state index is 13.6. The molecule has 0 saturated heterocycles. The molecule has 2 N–H and O–H groups in total. The third-order valence-electron chi connectivity index (χ3n) is 3.77. The molecule has 2 rings (SSSR count). The van der Waals surface area contributed by atoms with Crippen molar-refractivity contribution >= 4 is 16.0 Å². The van der Waals surface area contributed by atoms with E-state index >= 15 is 0 Å². The lowest BCUT2D eigenvalue weighted by Gasteiger charge is -2.36. The molecule has 0 atom stereocenters. The van der Waals surface area contributed by atoms with Crippen LogP contribution in [0.25, 0.3) is 0 Å². The molecule has 0 radical (unpaired) electrons. The number of carbonyl (C=O) groups is 1. The first-order chi connectivity index (χ1) is 9.82. The Morgan fingerprint density at radius 1 is 1.48 bits per heavy atom. The first-order valence-electron chi connectivity index (χ1n) is 6.37. The van der Waals surface area contributed by atoms with Gasteiger partial charge in [-0.15, -0.1) is 0 Å². The van der Waals surface area contributed by atoms with Gasteiger partial charge in [0.1, 0.15) is 11.6 Å². The summed E-state index contributed by atoms with van der Waals surface area (Å²) in [5, 5.41) is 9.14. The van der Waals surface area contributed by atoms with E-state index in [9.17, 15) is 17.6 Å². The number of hydrogen-bond acceptors (Lipinski definition) is 4. The Labute approximate surface area is 122 Å². The number of methoxy groups -OCH3 is 1. The largest absolute Gasteiger partial charge is 0.497 e. The fourth-order valence-electron chi connectivity index (χ4n) is 2.22. The lowest BCUT2D eigenvalue weighted by Crippen LogP contribution is -2.56. The van der Waals surface area contributed by atoms with E-state index in [1.54, 1.807) is 0 Å². The Kier molecular flexibility index (Phi) is 4.20. The summed E-state index contributed by atoms with van der Waals surface area (Å²) in [5.41, 5.74) is 0.0952. The Morgan fingerprint density at radius 2 is 2.14 bits per heavy atom. The molecule has 1 aromatic carbocycles. The van der Waals surface area contributed by atoms with E-state index in [-0.39, 0.29) is 24.9 Å². The number of halogens is 1. The van der Waals surface area contributed by atoms with Crippen LogP contribution in [0.1, 0.15) is 24.8 Å². The van der Waals surface area contributed by atoms with E-state index in [0.29, 0.717) is 12.2 Å². The van der Waals surface area contributed by atoms with Gasteiger partial charge in [-0.1, -0.05) is 0 Å². The van der Waals surface area contributed by atoms with Gasteiger partial charge in [-0.3, -0.25) is 4.79 Å². The topological polar surface area (TPSA) is 92.7 Å². The van der Waals surface area contributed by atoms with Crippen LogP contribution in [0.3, 0.4) is 0 Å². The smallest absolute Gasteiger partial charge is 0.326 e. The highest BCUT2D eigenvalue weighted by molar-refractivity contribution is 7.91. The number of nitrogens with one attached hydrogen (secondary N) is 1. The summed E-state index contributed by atoms with van der Waals surface area (Å²) in [6.45, 7) is -0.319. The van der Waals surface area contributed by atoms with Crippen molar-refractivity contribution in [1.29, 1.82) is 0 Å². The van der Waals surface area contributed by atoms with E-state index in [4.69, 9.17) is 9.84 Å². The van der Waals surface area contributed by atoms with E-state index in [2.05, 4.69) is 4.72 Å². The summed E-state index contributed by atoms with van der Waals surface area (Å²) in [7, 11) is -2.66. The summed E-state index contributed by atoms with van der Waals surface area (Å²) in [6.07, 6.45) is 0.678. The van der Waals surface area contributed by atoms with Crippen LogP contribution < -0.4 is 9.46 Å². The molecule has 6 nitrogen and oxygen atoms in total. The summed E-state index contributed by atoms with van der Waals surface area (Å²) in [4.78, 5) is 11.2. The maximum Gasteiger partial charge on any atom is 0.326 e. The van der Waals surface area contributed by atoms with Gasteiger partial charge in [0, 0.05) is 12.1 Å². The molecule has 0 amide bonds. The Balaban J connectivity index is 2.17. The van der Waals surface area contributed by atoms with Crippen molar-refractivity contribution in [3.63, 3.8) is 0 Å². The molecule has 0 unspecified atom stereocenters. The van der Waals surface area contributed by atoms with Crippen LogP contribution >= 0.6 is 0 Å². The quantitative estimate of drug-likeness (QED) is 0.824. The van der Waals surface area contributed by atoms with Crippen LogP contribution in [0, 0.1) is 5.82 Å². The minimum atomic E-state index is -4.08. The Bertz CT molecular complexity index is 655. The van der Waals surface area contributed by atoms with Gasteiger partial charge in [-0.05, 0) is 37.5 Å². The van der Waals surface area contributed by atoms with Gasteiger partial charge in [-0.25, -0.2) is 17.5 Å². The van der Waals surface area contributed by atoms with Crippen LogP contribution in [0.2, 0.25) is 0 Å². The fraction of sp³-hybridized carbons (Fsp3) is 0.462. The molecule has 116 valence electrons. The van der Waals surface area contributed by atoms with Crippen LogP contribution in [0.15, 0.2) is 18.2 Å². The number of rotatable bonds is 6. The molecule has 21 heavy (non-hydrogen) atoms. The lowest BCUT2D eigenvalue weighted by molar-refractivity contribution is -0.142. The Hall–Kier alpha value is -1.67. The van der Waals surface area contributed by atoms with Crippen molar-refractivity contribution in [1.82, 2.24) is 4.72 Å². The van der Waals surface area contributed by atoms with E-state index in [1.807, 2.05) is 0 Å². The predicted octanol–water partition coefficient (Wildman–Crippen LogP) is 1.26. The van der Waals surface area contributed by atoms with Crippen LogP contribution in [0.5, 0.6) is 5.75 Å². The highest BCUT2D eigenvalue weighted by atomic mass is 32.2. The number of ether oxygens (including phenoxy) is 1. The predicted molar refractivity (Wildman–Crippen MR) is 72.9 cm³/mol. The Morgan fingerprint density at radius 3 is 2.62 bits per heavy atom. The molecule has 1 fully saturated rings. The number of aliphatic carboxylic acids is 1. The molecule has 1 aliphatic carbocycles. The third-order valence-corrected chi connectivity index (χ3v) is 5.91. The van der Waals surface area contributed by atoms with Crippen molar-refractivity contribution < 1.29 is 27.4 Å². The molecule has 0 heterocycles. The molecule has 1 aliphatic rings. The molecule has 0 aromatic heterocycles. The van der Waals surface area contributed by atoms with Gasteiger partial charge in [0.2, 0.25) is 10.0 Å². The lowest BCUT2D eigenvalue weighted by atomic mass is 9.84. The molecule has 8 heteroatoms. The molecule has 1 saturated carbocycles. The van der Waals surface area contributed by atoms with Crippen molar-refractivity contribution in [3.8, 4) is 5.75 Å². The first kappa shape index (κ1) is 15.7. The maximum absolute atomic E-state index is 13.6. The monoisotopic (exact) mass is 317 g/mol. The highest BCUT2D eigenvalue weighted by Crippen LogP contribution is 2.39. The van der Waals surface area contributed by atoms with Gasteiger partial charge in [0.15, 0.2) is 4.75 Å². The number of benzene rings is 1. The molecule has 0 aliphatic heterocycles. The van der Waals surface area contributed by atoms with Gasteiger partial charge in [0.25, 0.3) is 0 Å². The van der Waals surface area contributed by atoms with Crippen molar-refractivity contribution in [2.45, 2.75) is 30.6 Å². The minimum absolute atomic E-state index is 0.0677. The molecule has 0 bridgehead atoms. The number of carboxylic acid groups (broad SMARTS) is 1. The standard InChI is InChI=1S/C13H16FNO5S/c1-20-10-3-4-11(14)9(7-10)8-15-21(18,19)13(12(16)17)5-2-6-13/h3-4,7,15H,2,5-6,8H2,1H3,(H,16,17). The normalized spacial score (nSPS) is 17.0. The number of hydrogen-bond donors (Lipinski definition) is 2. The summed E-state index contributed by atoms with van der Waals surface area (Å²) >= 11 is 0. The first-order valence-corrected chi connectivity index (χ1v) is 7.86. The van der Waals surface area contributed by atoms with Gasteiger partial charge < -0.3 is 9.84 Å². The van der Waals surface area contributed by atoms with Gasteiger partial charge in [-0.2, -0.15) is 0 Å². The van der Waals surface area contributed by atoms with Crippen molar-refractivity contribution in [2.75, 3.05) is 7.11 Å². The van der Waals surface area contributed by atoms with Crippen molar-refractivity contribution in [2.24, 2.45) is 0 Å². The zero-order valence-electron chi connectivity index (χ0n) is 11.4. The second kappa shape index (κ2) is 5.61. The second-order valence-electron chi connectivity index (χ2n) is 4.93. The minimum Gasteiger partial charge on any atom is -0.497 e. The fourth-order valence-corrected chi connectivity index (χ4v) is 3.90. The average molecular weight is 317 g/mol. The second-order valence-corrected chi connectivity index (χ2v) is 7.01. The van der Waals surface area contributed by atoms with E-state index in [1.165, 1.54) is 25.3 Å². The zero-order chi connectivity index (χ0) is 15.7. The molecular formula is C13H16FNO5S. The third kappa shape index (κ3) is 2.73. The van der Waals surface area contributed by atoms with Crippen LogP contribution in [-0.4, -0.2) is 31.4 Å². The zero-order valence-corrected chi connectivity index (χ0v) is 12.2. The summed E-state index contributed by atoms with van der Waals surface area (Å²) in [5.74, 6) is -1.56.